The predicted molar refractivity (Wildman–Crippen MR) is 110 cm³/mol. The van der Waals surface area contributed by atoms with Crippen molar-refractivity contribution in [2.24, 2.45) is 0 Å². The van der Waals surface area contributed by atoms with Gasteiger partial charge in [0.1, 0.15) is 11.2 Å². The van der Waals surface area contributed by atoms with E-state index in [2.05, 4.69) is 11.4 Å². The smallest absolute Gasteiger partial charge is 0.138 e. The fourth-order valence-electron chi connectivity index (χ4n) is 3.32. The topological polar surface area (TPSA) is 56.0 Å². The largest absolute Gasteiger partial charge is 0.506 e. The third-order valence-corrected chi connectivity index (χ3v) is 5.05. The van der Waals surface area contributed by atoms with Gasteiger partial charge in [0.05, 0.1) is 17.8 Å². The molecule has 0 aliphatic heterocycles. The van der Waals surface area contributed by atoms with E-state index >= 15 is 0 Å². The van der Waals surface area contributed by atoms with Gasteiger partial charge in [0, 0.05) is 0 Å². The molecular formula is C24H24N2O. The Bertz CT molecular complexity index is 958. The molecule has 2 atom stereocenters. The summed E-state index contributed by atoms with van der Waals surface area (Å²) in [6, 6.07) is 25.6. The van der Waals surface area contributed by atoms with Gasteiger partial charge in [0.15, 0.2) is 0 Å². The zero-order valence-electron chi connectivity index (χ0n) is 15.9. The SMILES string of the molecule is Cc1ccc([C@@H](Nc2cc(C)ccc2O)[C@@](C)(C#N)c2ccccc2)cc1. The van der Waals surface area contributed by atoms with E-state index in [-0.39, 0.29) is 11.8 Å². The summed E-state index contributed by atoms with van der Waals surface area (Å²) in [5.74, 6) is 0.172. The van der Waals surface area contributed by atoms with Crippen molar-refractivity contribution >= 4 is 5.69 Å². The zero-order valence-corrected chi connectivity index (χ0v) is 15.9. The maximum atomic E-state index is 10.3. The van der Waals surface area contributed by atoms with Crippen molar-refractivity contribution in [1.29, 1.82) is 5.26 Å². The van der Waals surface area contributed by atoms with E-state index < -0.39 is 5.41 Å². The number of nitrogens with one attached hydrogen (secondary N) is 1. The van der Waals surface area contributed by atoms with Gasteiger partial charge < -0.3 is 10.4 Å². The van der Waals surface area contributed by atoms with Crippen LogP contribution in [0.4, 0.5) is 5.69 Å². The molecule has 0 saturated heterocycles. The van der Waals surface area contributed by atoms with Crippen molar-refractivity contribution in [3.8, 4) is 11.8 Å². The molecule has 3 rings (SSSR count). The normalized spacial score (nSPS) is 14.0. The van der Waals surface area contributed by atoms with Crippen LogP contribution in [0, 0.1) is 25.2 Å². The van der Waals surface area contributed by atoms with Crippen molar-refractivity contribution in [1.82, 2.24) is 0 Å². The van der Waals surface area contributed by atoms with Gasteiger partial charge in [-0.05, 0) is 49.6 Å². The first-order valence-electron chi connectivity index (χ1n) is 9.03. The second-order valence-corrected chi connectivity index (χ2v) is 7.19. The number of aryl methyl sites for hydroxylation is 2. The first kappa shape index (κ1) is 18.5. The van der Waals surface area contributed by atoms with E-state index in [0.29, 0.717) is 5.69 Å². The highest BCUT2D eigenvalue weighted by Gasteiger charge is 2.38. The van der Waals surface area contributed by atoms with E-state index in [4.69, 9.17) is 0 Å². The first-order chi connectivity index (χ1) is 12.9. The van der Waals surface area contributed by atoms with Crippen molar-refractivity contribution < 1.29 is 5.11 Å². The first-order valence-corrected chi connectivity index (χ1v) is 9.03. The van der Waals surface area contributed by atoms with Gasteiger partial charge in [-0.1, -0.05) is 66.2 Å². The lowest BCUT2D eigenvalue weighted by atomic mass is 9.74. The Morgan fingerprint density at radius 2 is 1.56 bits per heavy atom. The van der Waals surface area contributed by atoms with Crippen LogP contribution >= 0.6 is 0 Å². The molecule has 0 saturated carbocycles. The summed E-state index contributed by atoms with van der Waals surface area (Å²) in [5, 5.41) is 24.0. The summed E-state index contributed by atoms with van der Waals surface area (Å²) >= 11 is 0. The highest BCUT2D eigenvalue weighted by Crippen LogP contribution is 2.41. The van der Waals surface area contributed by atoms with Crippen molar-refractivity contribution in [2.75, 3.05) is 5.32 Å². The Morgan fingerprint density at radius 3 is 2.19 bits per heavy atom. The lowest BCUT2D eigenvalue weighted by Crippen LogP contribution is -2.34. The second kappa shape index (κ2) is 7.55. The fourth-order valence-corrected chi connectivity index (χ4v) is 3.32. The number of rotatable bonds is 5. The highest BCUT2D eigenvalue weighted by molar-refractivity contribution is 5.60. The molecule has 3 nitrogen and oxygen atoms in total. The third-order valence-electron chi connectivity index (χ3n) is 5.05. The van der Waals surface area contributed by atoms with Crippen LogP contribution in [0.2, 0.25) is 0 Å². The van der Waals surface area contributed by atoms with E-state index in [1.165, 1.54) is 0 Å². The average molecular weight is 356 g/mol. The van der Waals surface area contributed by atoms with Crippen LogP contribution < -0.4 is 5.32 Å². The number of anilines is 1. The van der Waals surface area contributed by atoms with E-state index in [1.54, 1.807) is 6.07 Å². The summed E-state index contributed by atoms with van der Waals surface area (Å²) in [6.45, 7) is 5.96. The molecule has 0 heterocycles. The molecule has 0 aromatic heterocycles. The molecule has 0 unspecified atom stereocenters. The Kier molecular flexibility index (Phi) is 5.19. The second-order valence-electron chi connectivity index (χ2n) is 7.19. The van der Waals surface area contributed by atoms with Crippen molar-refractivity contribution in [2.45, 2.75) is 32.2 Å². The Balaban J connectivity index is 2.13. The lowest BCUT2D eigenvalue weighted by molar-refractivity contribution is 0.470. The van der Waals surface area contributed by atoms with E-state index in [1.807, 2.05) is 87.5 Å². The van der Waals surface area contributed by atoms with Gasteiger partial charge in [0.2, 0.25) is 0 Å². The summed E-state index contributed by atoms with van der Waals surface area (Å²) in [5.41, 5.74) is 3.92. The Labute approximate surface area is 160 Å². The van der Waals surface area contributed by atoms with Gasteiger partial charge in [0.25, 0.3) is 0 Å². The summed E-state index contributed by atoms with van der Waals surface area (Å²) in [6.07, 6.45) is 0. The molecule has 3 aromatic carbocycles. The lowest BCUT2D eigenvalue weighted by Gasteiger charge is -2.34. The molecule has 136 valence electrons. The van der Waals surface area contributed by atoms with Crippen LogP contribution in [0.5, 0.6) is 5.75 Å². The van der Waals surface area contributed by atoms with Crippen LogP contribution in [0.15, 0.2) is 72.8 Å². The summed E-state index contributed by atoms with van der Waals surface area (Å²) in [4.78, 5) is 0. The molecule has 0 fully saturated rings. The standard InChI is InChI=1S/C24H24N2O/c1-17-9-12-19(13-10-17)23(26-21-15-18(2)11-14-22(21)27)24(3,16-25)20-7-5-4-6-8-20/h4-15,23,26-27H,1-3H3/t23-,24+/m1/s1. The third kappa shape index (κ3) is 3.80. The summed E-state index contributed by atoms with van der Waals surface area (Å²) in [7, 11) is 0. The zero-order chi connectivity index (χ0) is 19.4. The quantitative estimate of drug-likeness (QED) is 0.581. The molecule has 2 N–H and O–H groups in total. The predicted octanol–water partition coefficient (Wildman–Crippen LogP) is 5.64. The van der Waals surface area contributed by atoms with Crippen LogP contribution in [0.1, 0.15) is 35.2 Å². The minimum Gasteiger partial charge on any atom is -0.506 e. The average Bonchev–Trinajstić information content (AvgIpc) is 2.69. The molecule has 3 aromatic rings. The maximum absolute atomic E-state index is 10.3. The molecule has 0 bridgehead atoms. The number of phenolic OH excluding ortho intramolecular Hbond substituents is 1. The Hall–Kier alpha value is -3.25. The Morgan fingerprint density at radius 1 is 0.926 bits per heavy atom. The minimum atomic E-state index is -0.827. The van der Waals surface area contributed by atoms with Crippen LogP contribution in [-0.2, 0) is 5.41 Å². The van der Waals surface area contributed by atoms with Crippen LogP contribution in [-0.4, -0.2) is 5.11 Å². The van der Waals surface area contributed by atoms with E-state index in [9.17, 15) is 10.4 Å². The molecule has 0 aliphatic rings. The highest BCUT2D eigenvalue weighted by atomic mass is 16.3. The van der Waals surface area contributed by atoms with Gasteiger partial charge >= 0.3 is 0 Å². The number of aromatic hydroxyl groups is 1. The number of nitriles is 1. The molecule has 0 spiro atoms. The number of hydrogen-bond acceptors (Lipinski definition) is 3. The monoisotopic (exact) mass is 356 g/mol. The molecular weight excluding hydrogens is 332 g/mol. The number of benzene rings is 3. The van der Waals surface area contributed by atoms with Crippen molar-refractivity contribution in [3.05, 3.63) is 95.1 Å². The van der Waals surface area contributed by atoms with Crippen LogP contribution in [0.3, 0.4) is 0 Å². The fraction of sp³-hybridized carbons (Fsp3) is 0.208. The maximum Gasteiger partial charge on any atom is 0.138 e. The molecule has 0 aliphatic carbocycles. The van der Waals surface area contributed by atoms with Gasteiger partial charge in [-0.15, -0.1) is 0 Å². The van der Waals surface area contributed by atoms with E-state index in [0.717, 1.165) is 22.3 Å². The number of nitrogens with zero attached hydrogens (tertiary/aromatic N) is 1. The van der Waals surface area contributed by atoms with Crippen molar-refractivity contribution in [3.63, 3.8) is 0 Å². The molecule has 27 heavy (non-hydrogen) atoms. The van der Waals surface area contributed by atoms with Gasteiger partial charge in [-0.3, -0.25) is 0 Å². The van der Waals surface area contributed by atoms with Crippen LogP contribution in [0.25, 0.3) is 0 Å². The summed E-state index contributed by atoms with van der Waals surface area (Å²) < 4.78 is 0. The molecule has 3 heteroatoms. The number of hydrogen-bond donors (Lipinski definition) is 2. The number of phenols is 1. The van der Waals surface area contributed by atoms with Gasteiger partial charge in [-0.25, -0.2) is 0 Å². The minimum absolute atomic E-state index is 0.172. The molecule has 0 amide bonds. The van der Waals surface area contributed by atoms with Gasteiger partial charge in [-0.2, -0.15) is 5.26 Å². The molecule has 0 radical (unpaired) electrons.